The molecule has 0 radical (unpaired) electrons. The van der Waals surface area contributed by atoms with Gasteiger partial charge in [-0.3, -0.25) is 4.79 Å². The van der Waals surface area contributed by atoms with E-state index < -0.39 is 5.54 Å². The zero-order chi connectivity index (χ0) is 35.3. The predicted molar refractivity (Wildman–Crippen MR) is 207 cm³/mol. The minimum Gasteiger partial charge on any atom is -0.507 e. The number of hydrazone groups is 1. The van der Waals surface area contributed by atoms with Crippen molar-refractivity contribution in [2.24, 2.45) is 5.10 Å². The van der Waals surface area contributed by atoms with Gasteiger partial charge in [-0.2, -0.15) is 5.10 Å². The molecule has 1 N–H and O–H groups in total. The van der Waals surface area contributed by atoms with Gasteiger partial charge in [0.1, 0.15) is 27.8 Å². The molecule has 0 aliphatic carbocycles. The molecule has 3 heterocycles. The molecule has 5 aromatic carbocycles. The highest BCUT2D eigenvalue weighted by Crippen LogP contribution is 2.58. The van der Waals surface area contributed by atoms with Crippen LogP contribution >= 0.6 is 11.3 Å². The summed E-state index contributed by atoms with van der Waals surface area (Å²) < 4.78 is 7.85. The standard InChI is InChI=1S/C42H39N5O3S/c1-5-45(6-2)28-20-22-33-36(24-28)50-37-25-29(46(7-3)8-4)21-23-34(37)42(33)32-17-10-9-15-30(32)41(49)47(42)43-26-27-14-13-16-31(39(27)48)40-44-35-18-11-12-19-38(35)51-40/h9-26,48H,5-8H2,1-4H3/b43-26+. The van der Waals surface area contributed by atoms with Gasteiger partial charge in [0.15, 0.2) is 0 Å². The number of benzene rings is 5. The maximum Gasteiger partial charge on any atom is 0.275 e. The normalized spacial score (nSPS) is 14.1. The third-order valence-electron chi connectivity index (χ3n) is 10.1. The van der Waals surface area contributed by atoms with Crippen molar-refractivity contribution in [1.82, 2.24) is 9.99 Å². The van der Waals surface area contributed by atoms with E-state index in [0.29, 0.717) is 33.2 Å². The number of phenols is 1. The van der Waals surface area contributed by atoms with Crippen LogP contribution in [-0.2, 0) is 5.54 Å². The van der Waals surface area contributed by atoms with E-state index in [-0.39, 0.29) is 11.7 Å². The zero-order valence-corrected chi connectivity index (χ0v) is 29.9. The molecular weight excluding hydrogens is 655 g/mol. The number of hydrogen-bond acceptors (Lipinski definition) is 8. The van der Waals surface area contributed by atoms with Crippen LogP contribution in [0.25, 0.3) is 20.8 Å². The largest absolute Gasteiger partial charge is 0.507 e. The summed E-state index contributed by atoms with van der Waals surface area (Å²) in [5, 5.41) is 18.9. The second kappa shape index (κ2) is 12.9. The number of thiazole rings is 1. The molecule has 51 heavy (non-hydrogen) atoms. The summed E-state index contributed by atoms with van der Waals surface area (Å²) in [5.41, 5.74) is 5.97. The number of nitrogens with zero attached hydrogens (tertiary/aromatic N) is 5. The lowest BCUT2D eigenvalue weighted by atomic mass is 9.75. The number of hydrogen-bond donors (Lipinski definition) is 1. The summed E-state index contributed by atoms with van der Waals surface area (Å²) in [6.45, 7) is 11.9. The van der Waals surface area contributed by atoms with Gasteiger partial charge >= 0.3 is 0 Å². The van der Waals surface area contributed by atoms with Crippen LogP contribution in [0.5, 0.6) is 17.2 Å². The monoisotopic (exact) mass is 693 g/mol. The number of ether oxygens (including phenoxy) is 1. The number of fused-ring (bicyclic) bond motifs is 7. The first-order chi connectivity index (χ1) is 24.9. The molecule has 1 spiro atoms. The number of aromatic hydroxyl groups is 1. The molecule has 2 aliphatic rings. The third-order valence-corrected chi connectivity index (χ3v) is 11.2. The highest BCUT2D eigenvalue weighted by atomic mass is 32.1. The highest BCUT2D eigenvalue weighted by molar-refractivity contribution is 7.21. The van der Waals surface area contributed by atoms with Crippen LogP contribution in [0.15, 0.2) is 108 Å². The average Bonchev–Trinajstić information content (AvgIpc) is 3.69. The van der Waals surface area contributed by atoms with E-state index in [0.717, 1.165) is 64.5 Å². The van der Waals surface area contributed by atoms with Gasteiger partial charge in [0, 0.05) is 77.5 Å². The van der Waals surface area contributed by atoms with E-state index >= 15 is 0 Å². The molecule has 0 saturated heterocycles. The molecule has 1 amide bonds. The first kappa shape index (κ1) is 32.5. The van der Waals surface area contributed by atoms with Gasteiger partial charge < -0.3 is 19.6 Å². The minimum absolute atomic E-state index is 0.0547. The second-order valence-corrected chi connectivity index (χ2v) is 13.7. The lowest BCUT2D eigenvalue weighted by Crippen LogP contribution is -2.44. The number of phenolic OH excluding ortho intramolecular Hbond substituents is 1. The summed E-state index contributed by atoms with van der Waals surface area (Å²) in [5.74, 6) is 1.17. The van der Waals surface area contributed by atoms with Crippen molar-refractivity contribution < 1.29 is 14.6 Å². The number of amides is 1. The van der Waals surface area contributed by atoms with Crippen molar-refractivity contribution in [3.05, 3.63) is 131 Å². The number of aromatic nitrogens is 1. The SMILES string of the molecule is CCN(CC)c1ccc2c(c1)Oc1cc(N(CC)CC)ccc1C21c2ccccc2C(=O)N1/N=C/c1cccc(-c2nc3ccccc3s2)c1O. The quantitative estimate of drug-likeness (QED) is 0.152. The molecule has 8 nitrogen and oxygen atoms in total. The summed E-state index contributed by atoms with van der Waals surface area (Å²) >= 11 is 1.52. The molecule has 0 saturated carbocycles. The first-order valence-corrected chi connectivity index (χ1v) is 18.4. The second-order valence-electron chi connectivity index (χ2n) is 12.7. The Morgan fingerprint density at radius 3 is 2.02 bits per heavy atom. The minimum atomic E-state index is -1.13. The molecule has 6 aromatic rings. The van der Waals surface area contributed by atoms with Crippen LogP contribution in [0, 0.1) is 0 Å². The summed E-state index contributed by atoms with van der Waals surface area (Å²) in [4.78, 5) is 23.9. The summed E-state index contributed by atoms with van der Waals surface area (Å²) in [7, 11) is 0. The van der Waals surface area contributed by atoms with Crippen molar-refractivity contribution in [3.8, 4) is 27.8 Å². The maximum atomic E-state index is 14.6. The Morgan fingerprint density at radius 2 is 1.37 bits per heavy atom. The fourth-order valence-electron chi connectivity index (χ4n) is 7.59. The number of carbonyl (C=O) groups is 1. The molecule has 0 atom stereocenters. The van der Waals surface area contributed by atoms with Crippen molar-refractivity contribution >= 4 is 45.0 Å². The molecule has 9 heteroatoms. The van der Waals surface area contributed by atoms with Crippen LogP contribution in [-0.4, -0.2) is 53.4 Å². The Morgan fingerprint density at radius 1 is 0.765 bits per heavy atom. The lowest BCUT2D eigenvalue weighted by molar-refractivity contribution is 0.0675. The molecular formula is C42H39N5O3S. The fourth-order valence-corrected chi connectivity index (χ4v) is 8.58. The van der Waals surface area contributed by atoms with Crippen LogP contribution in [0.2, 0.25) is 0 Å². The third kappa shape index (κ3) is 5.06. The Kier molecular flexibility index (Phi) is 8.23. The van der Waals surface area contributed by atoms with Crippen molar-refractivity contribution in [3.63, 3.8) is 0 Å². The van der Waals surface area contributed by atoms with Gasteiger partial charge in [0.2, 0.25) is 0 Å². The van der Waals surface area contributed by atoms with Gasteiger partial charge in [-0.15, -0.1) is 11.3 Å². The Labute approximate surface area is 301 Å². The van der Waals surface area contributed by atoms with Crippen molar-refractivity contribution in [2.45, 2.75) is 33.2 Å². The van der Waals surface area contributed by atoms with E-state index in [1.807, 2.05) is 60.7 Å². The number of para-hydroxylation sites is 2. The van der Waals surface area contributed by atoms with Gasteiger partial charge in [-0.1, -0.05) is 48.5 Å². The molecule has 0 fully saturated rings. The van der Waals surface area contributed by atoms with Crippen molar-refractivity contribution in [1.29, 1.82) is 0 Å². The van der Waals surface area contributed by atoms with Crippen LogP contribution < -0.4 is 14.5 Å². The summed E-state index contributed by atoms with van der Waals surface area (Å²) in [6.07, 6.45) is 1.58. The highest BCUT2D eigenvalue weighted by Gasteiger charge is 2.57. The van der Waals surface area contributed by atoms with E-state index in [9.17, 15) is 9.90 Å². The van der Waals surface area contributed by atoms with Gasteiger partial charge in [-0.05, 0) is 70.2 Å². The van der Waals surface area contributed by atoms with Crippen LogP contribution in [0.3, 0.4) is 0 Å². The molecule has 2 aliphatic heterocycles. The summed E-state index contributed by atoms with van der Waals surface area (Å²) in [6, 6.07) is 33.7. The zero-order valence-electron chi connectivity index (χ0n) is 29.1. The molecule has 1 aromatic heterocycles. The molecule has 256 valence electrons. The topological polar surface area (TPSA) is 81.5 Å². The number of anilines is 2. The van der Waals surface area contributed by atoms with Crippen molar-refractivity contribution in [2.75, 3.05) is 36.0 Å². The Balaban J connectivity index is 1.33. The van der Waals surface area contributed by atoms with E-state index in [1.54, 1.807) is 17.3 Å². The fraction of sp³-hybridized carbons (Fsp3) is 0.214. The Bertz CT molecular complexity index is 2230. The lowest BCUT2D eigenvalue weighted by Gasteiger charge is -2.42. The van der Waals surface area contributed by atoms with Gasteiger partial charge in [-0.25, -0.2) is 9.99 Å². The molecule has 0 bridgehead atoms. The van der Waals surface area contributed by atoms with Crippen LogP contribution in [0.4, 0.5) is 11.4 Å². The number of carbonyl (C=O) groups excluding carboxylic acids is 1. The van der Waals surface area contributed by atoms with E-state index in [2.05, 4.69) is 73.9 Å². The maximum absolute atomic E-state index is 14.6. The molecule has 8 rings (SSSR count). The van der Waals surface area contributed by atoms with Gasteiger partial charge in [0.05, 0.1) is 22.0 Å². The van der Waals surface area contributed by atoms with E-state index in [4.69, 9.17) is 14.8 Å². The molecule has 0 unspecified atom stereocenters. The van der Waals surface area contributed by atoms with Gasteiger partial charge in [0.25, 0.3) is 5.91 Å². The average molecular weight is 694 g/mol. The van der Waals surface area contributed by atoms with E-state index in [1.165, 1.54) is 11.3 Å². The smallest absolute Gasteiger partial charge is 0.275 e. The first-order valence-electron chi connectivity index (χ1n) is 17.6. The van der Waals surface area contributed by atoms with Crippen LogP contribution in [0.1, 0.15) is 60.3 Å². The Hall–Kier alpha value is -5.67. The number of rotatable bonds is 9. The predicted octanol–water partition coefficient (Wildman–Crippen LogP) is 9.25.